The lowest BCUT2D eigenvalue weighted by atomic mass is 10.1. The lowest BCUT2D eigenvalue weighted by molar-refractivity contribution is 0.630. The van der Waals surface area contributed by atoms with E-state index in [2.05, 4.69) is 60.3 Å². The standard InChI is InChI=1S/C14H21N3/c1-14(2,3)16-12-8-7-9-13(15-12)17-10-5-4-6-11-17/h4-5,7-9H,6,10-11H2,1-3H3,(H,15,16). The Morgan fingerprint density at radius 1 is 1.24 bits per heavy atom. The van der Waals surface area contributed by atoms with Gasteiger partial charge in [0.05, 0.1) is 0 Å². The second kappa shape index (κ2) is 4.78. The molecule has 17 heavy (non-hydrogen) atoms. The molecule has 0 aromatic carbocycles. The molecule has 0 spiro atoms. The van der Waals surface area contributed by atoms with Gasteiger partial charge >= 0.3 is 0 Å². The molecule has 1 aliphatic heterocycles. The van der Waals surface area contributed by atoms with Gasteiger partial charge in [0.25, 0.3) is 0 Å². The van der Waals surface area contributed by atoms with Crippen LogP contribution < -0.4 is 10.2 Å². The Morgan fingerprint density at radius 3 is 2.71 bits per heavy atom. The van der Waals surface area contributed by atoms with Crippen molar-refractivity contribution in [3.63, 3.8) is 0 Å². The Morgan fingerprint density at radius 2 is 2.06 bits per heavy atom. The fourth-order valence-electron chi connectivity index (χ4n) is 1.90. The zero-order valence-corrected chi connectivity index (χ0v) is 10.9. The summed E-state index contributed by atoms with van der Waals surface area (Å²) in [6.45, 7) is 8.45. The van der Waals surface area contributed by atoms with E-state index in [0.717, 1.165) is 31.1 Å². The minimum absolute atomic E-state index is 0.0490. The zero-order valence-electron chi connectivity index (χ0n) is 10.9. The Hall–Kier alpha value is -1.51. The van der Waals surface area contributed by atoms with E-state index in [0.29, 0.717) is 0 Å². The minimum atomic E-state index is 0.0490. The monoisotopic (exact) mass is 231 g/mol. The van der Waals surface area contributed by atoms with Gasteiger partial charge in [-0.1, -0.05) is 18.2 Å². The quantitative estimate of drug-likeness (QED) is 0.793. The molecule has 0 atom stereocenters. The van der Waals surface area contributed by atoms with Crippen LogP contribution in [0.25, 0.3) is 0 Å². The summed E-state index contributed by atoms with van der Waals surface area (Å²) in [5, 5.41) is 3.40. The van der Waals surface area contributed by atoms with Crippen LogP contribution in [0.5, 0.6) is 0 Å². The molecule has 1 aliphatic rings. The lowest BCUT2D eigenvalue weighted by Crippen LogP contribution is -2.29. The highest BCUT2D eigenvalue weighted by atomic mass is 15.2. The molecule has 0 aliphatic carbocycles. The third kappa shape index (κ3) is 3.48. The van der Waals surface area contributed by atoms with Gasteiger partial charge in [0.1, 0.15) is 11.6 Å². The van der Waals surface area contributed by atoms with Crippen LogP contribution in [0.4, 0.5) is 11.6 Å². The molecule has 3 heteroatoms. The summed E-state index contributed by atoms with van der Waals surface area (Å²) in [5.74, 6) is 2.01. The normalized spacial score (nSPS) is 16.1. The van der Waals surface area contributed by atoms with Crippen molar-refractivity contribution in [3.8, 4) is 0 Å². The highest BCUT2D eigenvalue weighted by Gasteiger charge is 2.12. The number of hydrogen-bond acceptors (Lipinski definition) is 3. The highest BCUT2D eigenvalue weighted by molar-refractivity contribution is 5.48. The van der Waals surface area contributed by atoms with Gasteiger partial charge in [0, 0.05) is 18.6 Å². The molecule has 1 aromatic heterocycles. The molecule has 0 saturated heterocycles. The molecular weight excluding hydrogens is 210 g/mol. The van der Waals surface area contributed by atoms with E-state index in [4.69, 9.17) is 0 Å². The first kappa shape index (κ1) is 12.0. The smallest absolute Gasteiger partial charge is 0.131 e. The van der Waals surface area contributed by atoms with Gasteiger partial charge in [-0.2, -0.15) is 0 Å². The van der Waals surface area contributed by atoms with E-state index in [1.54, 1.807) is 0 Å². The topological polar surface area (TPSA) is 28.2 Å². The van der Waals surface area contributed by atoms with E-state index in [-0.39, 0.29) is 5.54 Å². The average molecular weight is 231 g/mol. The van der Waals surface area contributed by atoms with Crippen molar-refractivity contribution >= 4 is 11.6 Å². The molecule has 0 saturated carbocycles. The van der Waals surface area contributed by atoms with Crippen LogP contribution in [0.1, 0.15) is 27.2 Å². The molecule has 0 bridgehead atoms. The summed E-state index contributed by atoms with van der Waals surface area (Å²) >= 11 is 0. The van der Waals surface area contributed by atoms with Crippen molar-refractivity contribution in [2.45, 2.75) is 32.7 Å². The van der Waals surface area contributed by atoms with Gasteiger partial charge in [-0.3, -0.25) is 0 Å². The minimum Gasteiger partial charge on any atom is -0.365 e. The number of hydrogen-bond donors (Lipinski definition) is 1. The molecule has 0 fully saturated rings. The predicted octanol–water partition coefficient (Wildman–Crippen LogP) is 3.06. The summed E-state index contributed by atoms with van der Waals surface area (Å²) in [6.07, 6.45) is 5.54. The number of pyridine rings is 1. The number of aromatic nitrogens is 1. The molecule has 0 amide bonds. The fraction of sp³-hybridized carbons (Fsp3) is 0.500. The molecular formula is C14H21N3. The first-order valence-corrected chi connectivity index (χ1v) is 6.20. The van der Waals surface area contributed by atoms with Crippen LogP contribution in [0.3, 0.4) is 0 Å². The van der Waals surface area contributed by atoms with Gasteiger partial charge in [-0.15, -0.1) is 0 Å². The van der Waals surface area contributed by atoms with E-state index in [1.165, 1.54) is 0 Å². The summed E-state index contributed by atoms with van der Waals surface area (Å²) < 4.78 is 0. The number of anilines is 2. The molecule has 3 nitrogen and oxygen atoms in total. The number of nitrogens with zero attached hydrogens (tertiary/aromatic N) is 2. The van der Waals surface area contributed by atoms with Gasteiger partial charge < -0.3 is 10.2 Å². The second-order valence-electron chi connectivity index (χ2n) is 5.46. The fourth-order valence-corrected chi connectivity index (χ4v) is 1.90. The van der Waals surface area contributed by atoms with E-state index < -0.39 is 0 Å². The maximum absolute atomic E-state index is 4.66. The third-order valence-electron chi connectivity index (χ3n) is 2.62. The summed E-state index contributed by atoms with van der Waals surface area (Å²) in [5.41, 5.74) is 0.0490. The lowest BCUT2D eigenvalue weighted by Gasteiger charge is -2.26. The van der Waals surface area contributed by atoms with Crippen LogP contribution in [0, 0.1) is 0 Å². The first-order chi connectivity index (χ1) is 8.04. The summed E-state index contributed by atoms with van der Waals surface area (Å²) in [7, 11) is 0. The van der Waals surface area contributed by atoms with Gasteiger partial charge in [0.15, 0.2) is 0 Å². The maximum Gasteiger partial charge on any atom is 0.131 e. The highest BCUT2D eigenvalue weighted by Crippen LogP contribution is 2.18. The van der Waals surface area contributed by atoms with Crippen molar-refractivity contribution in [3.05, 3.63) is 30.4 Å². The Labute approximate surface area is 104 Å². The van der Waals surface area contributed by atoms with Gasteiger partial charge in [-0.25, -0.2) is 4.98 Å². The van der Waals surface area contributed by atoms with Crippen LogP contribution in [0.15, 0.2) is 30.4 Å². The number of nitrogens with one attached hydrogen (secondary N) is 1. The molecule has 2 rings (SSSR count). The van der Waals surface area contributed by atoms with Crippen molar-refractivity contribution < 1.29 is 0 Å². The largest absolute Gasteiger partial charge is 0.365 e. The molecule has 92 valence electrons. The van der Waals surface area contributed by atoms with E-state index >= 15 is 0 Å². The predicted molar refractivity (Wildman–Crippen MR) is 73.6 cm³/mol. The molecule has 0 radical (unpaired) electrons. The van der Waals surface area contributed by atoms with Crippen molar-refractivity contribution in [2.75, 3.05) is 23.3 Å². The third-order valence-corrected chi connectivity index (χ3v) is 2.62. The second-order valence-corrected chi connectivity index (χ2v) is 5.46. The molecule has 1 N–H and O–H groups in total. The van der Waals surface area contributed by atoms with Crippen molar-refractivity contribution in [2.24, 2.45) is 0 Å². The van der Waals surface area contributed by atoms with Crippen molar-refractivity contribution in [1.82, 2.24) is 4.98 Å². The summed E-state index contributed by atoms with van der Waals surface area (Å²) in [6, 6.07) is 6.16. The van der Waals surface area contributed by atoms with E-state index in [1.807, 2.05) is 6.07 Å². The Bertz CT molecular complexity index is 404. The van der Waals surface area contributed by atoms with Crippen LogP contribution in [0.2, 0.25) is 0 Å². The maximum atomic E-state index is 4.66. The first-order valence-electron chi connectivity index (χ1n) is 6.20. The Balaban J connectivity index is 2.13. The SMILES string of the molecule is CC(C)(C)Nc1cccc(N2CC=CCC2)n1. The van der Waals surface area contributed by atoms with Gasteiger partial charge in [0.2, 0.25) is 0 Å². The Kier molecular flexibility index (Phi) is 3.36. The van der Waals surface area contributed by atoms with Gasteiger partial charge in [-0.05, 0) is 39.3 Å². The van der Waals surface area contributed by atoms with Crippen molar-refractivity contribution in [1.29, 1.82) is 0 Å². The van der Waals surface area contributed by atoms with Crippen LogP contribution in [-0.2, 0) is 0 Å². The van der Waals surface area contributed by atoms with Crippen LogP contribution >= 0.6 is 0 Å². The molecule has 2 heterocycles. The zero-order chi connectivity index (χ0) is 12.3. The van der Waals surface area contributed by atoms with E-state index in [9.17, 15) is 0 Å². The molecule has 1 aromatic rings. The summed E-state index contributed by atoms with van der Waals surface area (Å²) in [4.78, 5) is 6.96. The average Bonchev–Trinajstić information content (AvgIpc) is 2.28. The molecule has 0 unspecified atom stereocenters. The number of rotatable bonds is 2. The van der Waals surface area contributed by atoms with Crippen LogP contribution in [-0.4, -0.2) is 23.6 Å².